The molecule has 1 aliphatic rings. The Morgan fingerprint density at radius 3 is 2.47 bits per heavy atom. The lowest BCUT2D eigenvalue weighted by Gasteiger charge is -2.23. The molecule has 0 radical (unpaired) electrons. The topological polar surface area (TPSA) is 59.6 Å². The van der Waals surface area contributed by atoms with E-state index in [1.165, 1.54) is 0 Å². The van der Waals surface area contributed by atoms with Crippen LogP contribution in [0.15, 0.2) is 18.2 Å². The molecule has 0 aliphatic carbocycles. The smallest absolute Gasteiger partial charge is 0.251 e. The van der Waals surface area contributed by atoms with Crippen molar-refractivity contribution in [1.82, 2.24) is 10.6 Å². The molecule has 104 valence electrons. The molecule has 0 saturated carbocycles. The van der Waals surface area contributed by atoms with Gasteiger partial charge in [-0.1, -0.05) is 0 Å². The summed E-state index contributed by atoms with van der Waals surface area (Å²) < 4.78 is 10.3. The maximum absolute atomic E-state index is 12.2. The van der Waals surface area contributed by atoms with Gasteiger partial charge in [-0.3, -0.25) is 4.79 Å². The number of hydrogen-bond donors (Lipinski definition) is 2. The van der Waals surface area contributed by atoms with Crippen LogP contribution in [0.5, 0.6) is 11.5 Å². The Morgan fingerprint density at radius 1 is 1.26 bits per heavy atom. The second-order valence-corrected chi connectivity index (χ2v) is 4.62. The number of ether oxygens (including phenoxy) is 2. The molecule has 5 heteroatoms. The number of benzene rings is 1. The largest absolute Gasteiger partial charge is 0.497 e. The predicted molar refractivity (Wildman–Crippen MR) is 72.9 cm³/mol. The van der Waals surface area contributed by atoms with Crippen molar-refractivity contribution in [3.63, 3.8) is 0 Å². The molecule has 5 nitrogen and oxygen atoms in total. The first kappa shape index (κ1) is 13.7. The fourth-order valence-corrected chi connectivity index (χ4v) is 2.18. The lowest BCUT2D eigenvalue weighted by Crippen LogP contribution is -2.45. The first-order valence-corrected chi connectivity index (χ1v) is 6.47. The fourth-order valence-electron chi connectivity index (χ4n) is 2.18. The second-order valence-electron chi connectivity index (χ2n) is 4.62. The summed E-state index contributed by atoms with van der Waals surface area (Å²) in [5.41, 5.74) is 0.557. The molecule has 2 N–H and O–H groups in total. The van der Waals surface area contributed by atoms with Crippen LogP contribution in [0.3, 0.4) is 0 Å². The summed E-state index contributed by atoms with van der Waals surface area (Å²) in [6.45, 7) is 1.85. The van der Waals surface area contributed by atoms with Crippen molar-refractivity contribution in [3.8, 4) is 11.5 Å². The number of hydrogen-bond acceptors (Lipinski definition) is 4. The van der Waals surface area contributed by atoms with E-state index in [2.05, 4.69) is 10.6 Å². The molecule has 1 fully saturated rings. The van der Waals surface area contributed by atoms with Gasteiger partial charge in [0.05, 0.1) is 14.2 Å². The summed E-state index contributed by atoms with van der Waals surface area (Å²) >= 11 is 0. The van der Waals surface area contributed by atoms with E-state index < -0.39 is 0 Å². The highest BCUT2D eigenvalue weighted by atomic mass is 16.5. The lowest BCUT2D eigenvalue weighted by atomic mass is 10.1. The van der Waals surface area contributed by atoms with E-state index in [1.807, 2.05) is 0 Å². The lowest BCUT2D eigenvalue weighted by molar-refractivity contribution is 0.0930. The van der Waals surface area contributed by atoms with Crippen LogP contribution in [0.25, 0.3) is 0 Å². The van der Waals surface area contributed by atoms with Gasteiger partial charge in [0, 0.05) is 24.2 Å². The summed E-state index contributed by atoms with van der Waals surface area (Å²) in [6, 6.07) is 5.37. The van der Waals surface area contributed by atoms with Crippen LogP contribution in [0.1, 0.15) is 23.2 Å². The standard InChI is InChI=1S/C14H20N2O3/c1-18-12-6-10(7-13(8-12)19-2)14(17)16-11-4-3-5-15-9-11/h6-8,11,15H,3-5,9H2,1-2H3,(H,16,17)/t11-/m1/s1. The van der Waals surface area contributed by atoms with Crippen LogP contribution in [0.2, 0.25) is 0 Å². The van der Waals surface area contributed by atoms with E-state index in [1.54, 1.807) is 32.4 Å². The highest BCUT2D eigenvalue weighted by molar-refractivity contribution is 5.95. The third-order valence-electron chi connectivity index (χ3n) is 3.25. The molecule has 1 aromatic rings. The number of carbonyl (C=O) groups is 1. The van der Waals surface area contributed by atoms with Gasteiger partial charge < -0.3 is 20.1 Å². The molecule has 19 heavy (non-hydrogen) atoms. The highest BCUT2D eigenvalue weighted by Crippen LogP contribution is 2.22. The van der Waals surface area contributed by atoms with Crippen LogP contribution in [0, 0.1) is 0 Å². The van der Waals surface area contributed by atoms with Gasteiger partial charge in [-0.15, -0.1) is 0 Å². The molecule has 0 spiro atoms. The van der Waals surface area contributed by atoms with Crippen molar-refractivity contribution in [1.29, 1.82) is 0 Å². The molecule has 1 amide bonds. The Morgan fingerprint density at radius 2 is 1.95 bits per heavy atom. The molecule has 1 saturated heterocycles. The summed E-state index contributed by atoms with van der Waals surface area (Å²) in [7, 11) is 3.14. The Balaban J connectivity index is 2.08. The van der Waals surface area contributed by atoms with Crippen molar-refractivity contribution in [2.75, 3.05) is 27.3 Å². The fraction of sp³-hybridized carbons (Fsp3) is 0.500. The van der Waals surface area contributed by atoms with Crippen molar-refractivity contribution >= 4 is 5.91 Å². The van der Waals surface area contributed by atoms with Crippen LogP contribution in [-0.2, 0) is 0 Å². The first-order valence-electron chi connectivity index (χ1n) is 6.47. The number of nitrogens with one attached hydrogen (secondary N) is 2. The molecular weight excluding hydrogens is 244 g/mol. The summed E-state index contributed by atoms with van der Waals surface area (Å²) in [4.78, 5) is 12.2. The van der Waals surface area contributed by atoms with E-state index in [0.717, 1.165) is 25.9 Å². The minimum absolute atomic E-state index is 0.0918. The quantitative estimate of drug-likeness (QED) is 0.857. The first-order chi connectivity index (χ1) is 9.22. The predicted octanol–water partition coefficient (Wildman–Crippen LogP) is 1.19. The van der Waals surface area contributed by atoms with Gasteiger partial charge in [0.15, 0.2) is 0 Å². The third-order valence-corrected chi connectivity index (χ3v) is 3.25. The zero-order valence-corrected chi connectivity index (χ0v) is 11.4. The molecule has 0 bridgehead atoms. The molecule has 1 heterocycles. The van der Waals surface area contributed by atoms with E-state index in [9.17, 15) is 4.79 Å². The highest BCUT2D eigenvalue weighted by Gasteiger charge is 2.17. The molecule has 2 rings (SSSR count). The van der Waals surface area contributed by atoms with E-state index in [4.69, 9.17) is 9.47 Å². The minimum atomic E-state index is -0.0918. The monoisotopic (exact) mass is 264 g/mol. The SMILES string of the molecule is COc1cc(OC)cc(C(=O)N[C@@H]2CCCNC2)c1. The van der Waals surface area contributed by atoms with Gasteiger partial charge >= 0.3 is 0 Å². The van der Waals surface area contributed by atoms with E-state index in [-0.39, 0.29) is 11.9 Å². The summed E-state index contributed by atoms with van der Waals surface area (Å²) in [6.07, 6.45) is 2.10. The van der Waals surface area contributed by atoms with E-state index in [0.29, 0.717) is 17.1 Å². The number of piperidine rings is 1. The van der Waals surface area contributed by atoms with Gasteiger partial charge in [0.2, 0.25) is 0 Å². The van der Waals surface area contributed by atoms with Crippen LogP contribution < -0.4 is 20.1 Å². The van der Waals surface area contributed by atoms with Crippen molar-refractivity contribution in [2.24, 2.45) is 0 Å². The number of carbonyl (C=O) groups excluding carboxylic acids is 1. The molecular formula is C14H20N2O3. The van der Waals surface area contributed by atoms with Crippen LogP contribution >= 0.6 is 0 Å². The maximum Gasteiger partial charge on any atom is 0.251 e. The van der Waals surface area contributed by atoms with Gasteiger partial charge in [-0.2, -0.15) is 0 Å². The van der Waals surface area contributed by atoms with Gasteiger partial charge in [0.25, 0.3) is 5.91 Å². The number of amides is 1. The normalized spacial score (nSPS) is 18.7. The second kappa shape index (κ2) is 6.43. The van der Waals surface area contributed by atoms with E-state index >= 15 is 0 Å². The van der Waals surface area contributed by atoms with Gasteiger partial charge in [-0.25, -0.2) is 0 Å². The Bertz CT molecular complexity index is 420. The molecule has 1 aromatic carbocycles. The minimum Gasteiger partial charge on any atom is -0.497 e. The Kier molecular flexibility index (Phi) is 4.63. The van der Waals surface area contributed by atoms with Crippen LogP contribution in [-0.4, -0.2) is 39.3 Å². The number of methoxy groups -OCH3 is 2. The van der Waals surface area contributed by atoms with Crippen LogP contribution in [0.4, 0.5) is 0 Å². The third kappa shape index (κ3) is 3.61. The number of rotatable bonds is 4. The Hall–Kier alpha value is -1.75. The van der Waals surface area contributed by atoms with Crippen molar-refractivity contribution < 1.29 is 14.3 Å². The average Bonchev–Trinajstić information content (AvgIpc) is 2.47. The maximum atomic E-state index is 12.2. The molecule has 1 atom stereocenters. The zero-order chi connectivity index (χ0) is 13.7. The summed E-state index contributed by atoms with van der Waals surface area (Å²) in [5, 5.41) is 6.30. The summed E-state index contributed by atoms with van der Waals surface area (Å²) in [5.74, 6) is 1.14. The average molecular weight is 264 g/mol. The molecule has 0 aromatic heterocycles. The molecule has 0 unspecified atom stereocenters. The van der Waals surface area contributed by atoms with Gasteiger partial charge in [-0.05, 0) is 31.5 Å². The Labute approximate surface area is 113 Å². The van der Waals surface area contributed by atoms with Crippen molar-refractivity contribution in [3.05, 3.63) is 23.8 Å². The van der Waals surface area contributed by atoms with Gasteiger partial charge in [0.1, 0.15) is 11.5 Å². The zero-order valence-electron chi connectivity index (χ0n) is 11.4. The van der Waals surface area contributed by atoms with Crippen molar-refractivity contribution in [2.45, 2.75) is 18.9 Å². The molecule has 1 aliphatic heterocycles.